The van der Waals surface area contributed by atoms with Crippen LogP contribution in [0.1, 0.15) is 26.2 Å². The number of nitrogens with one attached hydrogen (secondary N) is 1. The third-order valence-corrected chi connectivity index (χ3v) is 2.31. The first-order chi connectivity index (χ1) is 6.20. The summed E-state index contributed by atoms with van der Waals surface area (Å²) in [5.74, 6) is 0.237. The number of alkyl halides is 1. The lowest BCUT2D eigenvalue weighted by Gasteiger charge is -2.08. The van der Waals surface area contributed by atoms with Crippen molar-refractivity contribution in [3.05, 3.63) is 0 Å². The van der Waals surface area contributed by atoms with E-state index in [-0.39, 0.29) is 18.4 Å². The first-order valence-corrected chi connectivity index (χ1v) is 5.76. The lowest BCUT2D eigenvalue weighted by molar-refractivity contribution is -0.121. The monoisotopic (exact) mass is 251 g/mol. The molecule has 2 N–H and O–H groups in total. The Hall–Kier alpha value is -0.0900. The molecule has 4 heteroatoms. The van der Waals surface area contributed by atoms with Crippen molar-refractivity contribution in [1.82, 2.24) is 5.32 Å². The minimum Gasteiger partial charge on any atom is -0.396 e. The van der Waals surface area contributed by atoms with Crippen molar-refractivity contribution in [3.63, 3.8) is 0 Å². The fraction of sp³-hybridized carbons (Fsp3) is 0.889. The highest BCUT2D eigenvalue weighted by Crippen LogP contribution is 1.98. The van der Waals surface area contributed by atoms with Gasteiger partial charge in [-0.25, -0.2) is 0 Å². The van der Waals surface area contributed by atoms with Gasteiger partial charge in [0.1, 0.15) is 0 Å². The van der Waals surface area contributed by atoms with E-state index in [4.69, 9.17) is 5.11 Å². The van der Waals surface area contributed by atoms with Gasteiger partial charge in [-0.1, -0.05) is 22.9 Å². The van der Waals surface area contributed by atoms with E-state index in [9.17, 15) is 4.79 Å². The predicted octanol–water partition coefficient (Wildman–Crippen LogP) is 1.30. The normalized spacial score (nSPS) is 12.5. The largest absolute Gasteiger partial charge is 0.396 e. The van der Waals surface area contributed by atoms with Crippen LogP contribution in [0.25, 0.3) is 0 Å². The number of carbonyl (C=O) groups excluding carboxylic acids is 1. The number of amides is 1. The maximum atomic E-state index is 11.1. The SMILES string of the molecule is CC(CO)CNC(=O)CCCCBr. The molecule has 0 radical (unpaired) electrons. The summed E-state index contributed by atoms with van der Waals surface area (Å²) in [5, 5.41) is 12.4. The van der Waals surface area contributed by atoms with Gasteiger partial charge < -0.3 is 10.4 Å². The molecular formula is C9H18BrNO2. The average molecular weight is 252 g/mol. The van der Waals surface area contributed by atoms with Gasteiger partial charge in [0.25, 0.3) is 0 Å². The molecule has 3 nitrogen and oxygen atoms in total. The summed E-state index contributed by atoms with van der Waals surface area (Å²) >= 11 is 3.31. The number of hydrogen-bond acceptors (Lipinski definition) is 2. The maximum absolute atomic E-state index is 11.1. The van der Waals surface area contributed by atoms with E-state index in [0.717, 1.165) is 18.2 Å². The minimum atomic E-state index is 0.0845. The van der Waals surface area contributed by atoms with Gasteiger partial charge in [0.05, 0.1) is 0 Å². The van der Waals surface area contributed by atoms with Crippen LogP contribution in [0.2, 0.25) is 0 Å². The third kappa shape index (κ3) is 8.25. The van der Waals surface area contributed by atoms with Crippen LogP contribution in [0.4, 0.5) is 0 Å². The van der Waals surface area contributed by atoms with Crippen molar-refractivity contribution in [2.45, 2.75) is 26.2 Å². The topological polar surface area (TPSA) is 49.3 Å². The zero-order valence-electron chi connectivity index (χ0n) is 8.05. The van der Waals surface area contributed by atoms with Gasteiger partial charge in [-0.3, -0.25) is 4.79 Å². The fourth-order valence-electron chi connectivity index (χ4n) is 0.821. The number of aliphatic hydroxyl groups is 1. The molecule has 0 aliphatic heterocycles. The van der Waals surface area contributed by atoms with E-state index in [0.29, 0.717) is 13.0 Å². The highest BCUT2D eigenvalue weighted by Gasteiger charge is 2.03. The molecule has 0 spiro atoms. The van der Waals surface area contributed by atoms with Gasteiger partial charge in [0.2, 0.25) is 5.91 Å². The first kappa shape index (κ1) is 12.9. The van der Waals surface area contributed by atoms with Gasteiger partial charge in [-0.05, 0) is 18.8 Å². The van der Waals surface area contributed by atoms with Crippen molar-refractivity contribution in [2.75, 3.05) is 18.5 Å². The maximum Gasteiger partial charge on any atom is 0.220 e. The summed E-state index contributed by atoms with van der Waals surface area (Å²) in [7, 11) is 0. The summed E-state index contributed by atoms with van der Waals surface area (Å²) in [6, 6.07) is 0. The summed E-state index contributed by atoms with van der Waals surface area (Å²) < 4.78 is 0. The number of rotatable bonds is 7. The van der Waals surface area contributed by atoms with Gasteiger partial charge >= 0.3 is 0 Å². The Morgan fingerprint density at radius 2 is 2.23 bits per heavy atom. The van der Waals surface area contributed by atoms with Crippen LogP contribution in [0, 0.1) is 5.92 Å². The smallest absolute Gasteiger partial charge is 0.220 e. The second-order valence-electron chi connectivity index (χ2n) is 3.24. The van der Waals surface area contributed by atoms with E-state index in [1.807, 2.05) is 6.92 Å². The summed E-state index contributed by atoms with van der Waals surface area (Å²) in [4.78, 5) is 11.1. The number of carbonyl (C=O) groups is 1. The third-order valence-electron chi connectivity index (χ3n) is 1.75. The minimum absolute atomic E-state index is 0.0845. The molecule has 0 aliphatic rings. The second-order valence-corrected chi connectivity index (χ2v) is 4.03. The van der Waals surface area contributed by atoms with Gasteiger partial charge in [0.15, 0.2) is 0 Å². The molecule has 13 heavy (non-hydrogen) atoms. The molecular weight excluding hydrogens is 234 g/mol. The van der Waals surface area contributed by atoms with Crippen molar-refractivity contribution in [2.24, 2.45) is 5.92 Å². The molecule has 0 aromatic heterocycles. The molecule has 0 heterocycles. The lowest BCUT2D eigenvalue weighted by atomic mass is 10.2. The van der Waals surface area contributed by atoms with Crippen LogP contribution in [0.3, 0.4) is 0 Å². The molecule has 0 aromatic rings. The Bertz CT molecular complexity index is 142. The van der Waals surface area contributed by atoms with Crippen LogP contribution < -0.4 is 5.32 Å². The number of aliphatic hydroxyl groups excluding tert-OH is 1. The van der Waals surface area contributed by atoms with Gasteiger partial charge in [-0.2, -0.15) is 0 Å². The van der Waals surface area contributed by atoms with Crippen molar-refractivity contribution in [3.8, 4) is 0 Å². The van der Waals surface area contributed by atoms with Gasteiger partial charge in [-0.15, -0.1) is 0 Å². The molecule has 78 valence electrons. The van der Waals surface area contributed by atoms with Crippen molar-refractivity contribution in [1.29, 1.82) is 0 Å². The summed E-state index contributed by atoms with van der Waals surface area (Å²) in [6.45, 7) is 2.60. The standard InChI is InChI=1S/C9H18BrNO2/c1-8(7-12)6-11-9(13)4-2-3-5-10/h8,12H,2-7H2,1H3,(H,11,13). The van der Waals surface area contributed by atoms with Crippen LogP contribution in [0.5, 0.6) is 0 Å². The quantitative estimate of drug-likeness (QED) is 0.530. The van der Waals surface area contributed by atoms with Crippen molar-refractivity contribution >= 4 is 21.8 Å². The number of halogens is 1. The molecule has 0 rings (SSSR count). The molecule has 0 bridgehead atoms. The Labute approximate surface area is 88.0 Å². The number of hydrogen-bond donors (Lipinski definition) is 2. The summed E-state index contributed by atoms with van der Waals surface area (Å²) in [5.41, 5.74) is 0. The zero-order valence-corrected chi connectivity index (χ0v) is 9.64. The Morgan fingerprint density at radius 1 is 1.54 bits per heavy atom. The highest BCUT2D eigenvalue weighted by molar-refractivity contribution is 9.09. The highest BCUT2D eigenvalue weighted by atomic mass is 79.9. The Morgan fingerprint density at radius 3 is 2.77 bits per heavy atom. The second kappa shape index (κ2) is 8.51. The van der Waals surface area contributed by atoms with E-state index < -0.39 is 0 Å². The molecule has 1 amide bonds. The van der Waals surface area contributed by atoms with Gasteiger partial charge in [0, 0.05) is 24.9 Å². The van der Waals surface area contributed by atoms with Crippen LogP contribution in [-0.4, -0.2) is 29.5 Å². The van der Waals surface area contributed by atoms with E-state index in [2.05, 4.69) is 21.2 Å². The van der Waals surface area contributed by atoms with E-state index in [1.165, 1.54) is 0 Å². The summed E-state index contributed by atoms with van der Waals surface area (Å²) in [6.07, 6.45) is 2.54. The first-order valence-electron chi connectivity index (χ1n) is 4.64. The van der Waals surface area contributed by atoms with E-state index >= 15 is 0 Å². The van der Waals surface area contributed by atoms with Crippen LogP contribution in [0.15, 0.2) is 0 Å². The predicted molar refractivity (Wildman–Crippen MR) is 56.9 cm³/mol. The molecule has 0 aromatic carbocycles. The number of unbranched alkanes of at least 4 members (excludes halogenated alkanes) is 1. The molecule has 1 atom stereocenters. The molecule has 0 fully saturated rings. The molecule has 0 aliphatic carbocycles. The van der Waals surface area contributed by atoms with Crippen LogP contribution >= 0.6 is 15.9 Å². The van der Waals surface area contributed by atoms with E-state index in [1.54, 1.807) is 0 Å². The van der Waals surface area contributed by atoms with Crippen molar-refractivity contribution < 1.29 is 9.90 Å². The van der Waals surface area contributed by atoms with Crippen LogP contribution in [-0.2, 0) is 4.79 Å². The molecule has 1 unspecified atom stereocenters. The average Bonchev–Trinajstić information content (AvgIpc) is 2.14. The Balaban J connectivity index is 3.30. The zero-order chi connectivity index (χ0) is 10.1. The molecule has 0 saturated carbocycles. The molecule has 0 saturated heterocycles. The Kier molecular flexibility index (Phi) is 8.45. The lowest BCUT2D eigenvalue weighted by Crippen LogP contribution is -2.29. The fourth-order valence-corrected chi connectivity index (χ4v) is 1.22.